The first-order valence-corrected chi connectivity index (χ1v) is 7.48. The van der Waals surface area contributed by atoms with E-state index in [1.54, 1.807) is 18.7 Å². The zero-order chi connectivity index (χ0) is 15.1. The maximum Gasteiger partial charge on any atom is 0.297 e. The van der Waals surface area contributed by atoms with E-state index in [4.69, 9.17) is 4.42 Å². The van der Waals surface area contributed by atoms with Gasteiger partial charge >= 0.3 is 0 Å². The standard InChI is InChI=1S/C16H24N4O/c1-4-20(11-14-5-7-17-8-6-14)16-19-15(12-21-16)10-18-9-13(2)3/h5-8,12-13,18H,4,9-11H2,1-3H3. The summed E-state index contributed by atoms with van der Waals surface area (Å²) >= 11 is 0. The van der Waals surface area contributed by atoms with Crippen molar-refractivity contribution >= 4 is 6.01 Å². The van der Waals surface area contributed by atoms with Crippen LogP contribution in [0.25, 0.3) is 0 Å². The number of anilines is 1. The van der Waals surface area contributed by atoms with Crippen molar-refractivity contribution < 1.29 is 4.42 Å². The van der Waals surface area contributed by atoms with Crippen LogP contribution in [-0.4, -0.2) is 23.1 Å². The van der Waals surface area contributed by atoms with Crippen LogP contribution in [0.15, 0.2) is 35.2 Å². The highest BCUT2D eigenvalue weighted by atomic mass is 16.4. The smallest absolute Gasteiger partial charge is 0.297 e. The lowest BCUT2D eigenvalue weighted by Crippen LogP contribution is -2.23. The molecule has 2 aromatic heterocycles. The van der Waals surface area contributed by atoms with Crippen molar-refractivity contribution in [1.29, 1.82) is 0 Å². The first-order chi connectivity index (χ1) is 10.2. The molecule has 0 aliphatic heterocycles. The van der Waals surface area contributed by atoms with Crippen molar-refractivity contribution in [2.45, 2.75) is 33.9 Å². The first-order valence-electron chi connectivity index (χ1n) is 7.48. The van der Waals surface area contributed by atoms with E-state index < -0.39 is 0 Å². The summed E-state index contributed by atoms with van der Waals surface area (Å²) in [6.07, 6.45) is 5.35. The number of nitrogens with zero attached hydrogens (tertiary/aromatic N) is 3. The SMILES string of the molecule is CCN(Cc1ccncc1)c1nc(CNCC(C)C)co1. The molecule has 2 aromatic rings. The summed E-state index contributed by atoms with van der Waals surface area (Å²) in [4.78, 5) is 10.7. The minimum atomic E-state index is 0.634. The molecule has 0 aliphatic rings. The van der Waals surface area contributed by atoms with Crippen molar-refractivity contribution in [1.82, 2.24) is 15.3 Å². The Hall–Kier alpha value is -1.88. The Morgan fingerprint density at radius 2 is 2.05 bits per heavy atom. The molecule has 0 saturated carbocycles. The van der Waals surface area contributed by atoms with Gasteiger partial charge in [-0.25, -0.2) is 0 Å². The Morgan fingerprint density at radius 1 is 1.29 bits per heavy atom. The van der Waals surface area contributed by atoms with Gasteiger partial charge in [0, 0.05) is 32.0 Å². The number of pyridine rings is 1. The highest BCUT2D eigenvalue weighted by molar-refractivity contribution is 5.29. The largest absolute Gasteiger partial charge is 0.432 e. The maximum absolute atomic E-state index is 5.61. The molecular formula is C16H24N4O. The number of oxazole rings is 1. The number of hydrogen-bond donors (Lipinski definition) is 1. The van der Waals surface area contributed by atoms with E-state index in [-0.39, 0.29) is 0 Å². The molecule has 0 saturated heterocycles. The summed E-state index contributed by atoms with van der Waals surface area (Å²) in [6.45, 7) is 9.83. The van der Waals surface area contributed by atoms with E-state index in [2.05, 4.69) is 41.0 Å². The van der Waals surface area contributed by atoms with Gasteiger partial charge in [-0.1, -0.05) is 13.8 Å². The summed E-state index contributed by atoms with van der Waals surface area (Å²) in [7, 11) is 0. The van der Waals surface area contributed by atoms with Crippen molar-refractivity contribution in [3.63, 3.8) is 0 Å². The summed E-state index contributed by atoms with van der Waals surface area (Å²) < 4.78 is 5.61. The Morgan fingerprint density at radius 3 is 2.71 bits per heavy atom. The van der Waals surface area contributed by atoms with E-state index >= 15 is 0 Å². The molecule has 2 rings (SSSR count). The van der Waals surface area contributed by atoms with Crippen LogP contribution in [0.4, 0.5) is 6.01 Å². The van der Waals surface area contributed by atoms with Crippen LogP contribution < -0.4 is 10.2 Å². The molecule has 5 nitrogen and oxygen atoms in total. The van der Waals surface area contributed by atoms with Crippen molar-refractivity contribution in [3.05, 3.63) is 42.0 Å². The van der Waals surface area contributed by atoms with Gasteiger partial charge in [0.25, 0.3) is 6.01 Å². The van der Waals surface area contributed by atoms with Gasteiger partial charge in [-0.2, -0.15) is 4.98 Å². The third-order valence-corrected chi connectivity index (χ3v) is 3.17. The lowest BCUT2D eigenvalue weighted by molar-refractivity contribution is 0.529. The molecule has 0 radical (unpaired) electrons. The lowest BCUT2D eigenvalue weighted by Gasteiger charge is -2.18. The molecule has 0 amide bonds. The van der Waals surface area contributed by atoms with Crippen molar-refractivity contribution in [2.75, 3.05) is 18.0 Å². The summed E-state index contributed by atoms with van der Waals surface area (Å²) in [5, 5.41) is 3.37. The van der Waals surface area contributed by atoms with Gasteiger partial charge < -0.3 is 14.6 Å². The monoisotopic (exact) mass is 288 g/mol. The van der Waals surface area contributed by atoms with Crippen LogP contribution in [0, 0.1) is 5.92 Å². The van der Waals surface area contributed by atoms with Crippen LogP contribution in [-0.2, 0) is 13.1 Å². The maximum atomic E-state index is 5.61. The molecular weight excluding hydrogens is 264 g/mol. The molecule has 114 valence electrons. The molecule has 0 aromatic carbocycles. The van der Waals surface area contributed by atoms with Gasteiger partial charge in [-0.15, -0.1) is 0 Å². The molecule has 21 heavy (non-hydrogen) atoms. The summed E-state index contributed by atoms with van der Waals surface area (Å²) in [5.41, 5.74) is 2.14. The van der Waals surface area contributed by atoms with Crippen LogP contribution in [0.2, 0.25) is 0 Å². The third kappa shape index (κ3) is 4.86. The second-order valence-corrected chi connectivity index (χ2v) is 5.52. The molecule has 2 heterocycles. The molecule has 0 fully saturated rings. The van der Waals surface area contributed by atoms with Gasteiger partial charge in [0.1, 0.15) is 6.26 Å². The fraction of sp³-hybridized carbons (Fsp3) is 0.500. The van der Waals surface area contributed by atoms with E-state index in [0.717, 1.165) is 31.9 Å². The Kier molecular flexibility index (Phi) is 5.75. The molecule has 0 unspecified atom stereocenters. The van der Waals surface area contributed by atoms with Gasteiger partial charge in [-0.05, 0) is 37.1 Å². The predicted molar refractivity (Wildman–Crippen MR) is 84.0 cm³/mol. The third-order valence-electron chi connectivity index (χ3n) is 3.17. The zero-order valence-electron chi connectivity index (χ0n) is 13.0. The summed E-state index contributed by atoms with van der Waals surface area (Å²) in [5.74, 6) is 0.634. The van der Waals surface area contributed by atoms with Gasteiger partial charge in [0.2, 0.25) is 0 Å². The predicted octanol–water partition coefficient (Wildman–Crippen LogP) is 2.84. The van der Waals surface area contributed by atoms with E-state index in [1.807, 2.05) is 12.1 Å². The normalized spacial score (nSPS) is 11.0. The topological polar surface area (TPSA) is 54.2 Å². The van der Waals surface area contributed by atoms with Crippen LogP contribution in [0.5, 0.6) is 0 Å². The Bertz CT molecular complexity index is 524. The summed E-state index contributed by atoms with van der Waals surface area (Å²) in [6, 6.07) is 4.70. The fourth-order valence-corrected chi connectivity index (χ4v) is 2.03. The average Bonchev–Trinajstić information content (AvgIpc) is 2.94. The zero-order valence-corrected chi connectivity index (χ0v) is 13.0. The highest BCUT2D eigenvalue weighted by Gasteiger charge is 2.12. The Labute approximate surface area is 126 Å². The number of rotatable bonds is 8. The van der Waals surface area contributed by atoms with Crippen molar-refractivity contribution in [2.24, 2.45) is 5.92 Å². The van der Waals surface area contributed by atoms with Gasteiger partial charge in [0.15, 0.2) is 0 Å². The van der Waals surface area contributed by atoms with Crippen molar-refractivity contribution in [3.8, 4) is 0 Å². The molecule has 5 heteroatoms. The number of nitrogens with one attached hydrogen (secondary N) is 1. The molecule has 0 spiro atoms. The van der Waals surface area contributed by atoms with Crippen LogP contribution >= 0.6 is 0 Å². The lowest BCUT2D eigenvalue weighted by atomic mass is 10.2. The highest BCUT2D eigenvalue weighted by Crippen LogP contribution is 2.16. The Balaban J connectivity index is 1.94. The number of hydrogen-bond acceptors (Lipinski definition) is 5. The minimum Gasteiger partial charge on any atom is -0.432 e. The quantitative estimate of drug-likeness (QED) is 0.809. The second kappa shape index (κ2) is 7.78. The molecule has 0 bridgehead atoms. The second-order valence-electron chi connectivity index (χ2n) is 5.52. The van der Waals surface area contributed by atoms with Crippen LogP contribution in [0.1, 0.15) is 32.0 Å². The van der Waals surface area contributed by atoms with Crippen LogP contribution in [0.3, 0.4) is 0 Å². The van der Waals surface area contributed by atoms with E-state index in [1.165, 1.54) is 5.56 Å². The van der Waals surface area contributed by atoms with E-state index in [0.29, 0.717) is 11.9 Å². The van der Waals surface area contributed by atoms with Gasteiger partial charge in [-0.3, -0.25) is 4.98 Å². The average molecular weight is 288 g/mol. The van der Waals surface area contributed by atoms with Gasteiger partial charge in [0.05, 0.1) is 5.69 Å². The minimum absolute atomic E-state index is 0.634. The fourth-order valence-electron chi connectivity index (χ4n) is 2.03. The van der Waals surface area contributed by atoms with E-state index in [9.17, 15) is 0 Å². The molecule has 0 atom stereocenters. The molecule has 1 N–H and O–H groups in total. The molecule has 0 aliphatic carbocycles. The first kappa shape index (κ1) is 15.5. The number of aromatic nitrogens is 2.